The molecule has 1 saturated carbocycles. The van der Waals surface area contributed by atoms with Crippen molar-refractivity contribution in [2.75, 3.05) is 0 Å². The summed E-state index contributed by atoms with van der Waals surface area (Å²) in [5.74, 6) is -0.271. The first-order valence-electron chi connectivity index (χ1n) is 12.2. The molecule has 0 bridgehead atoms. The van der Waals surface area contributed by atoms with E-state index >= 15 is 0 Å². The molecule has 186 valence electrons. The molecule has 0 unspecified atom stereocenters. The summed E-state index contributed by atoms with van der Waals surface area (Å²) in [5, 5.41) is 13.4. The zero-order valence-electron chi connectivity index (χ0n) is 20.0. The summed E-state index contributed by atoms with van der Waals surface area (Å²) >= 11 is 0. The fourth-order valence-electron chi connectivity index (χ4n) is 4.93. The second-order valence-electron chi connectivity index (χ2n) is 9.20. The van der Waals surface area contributed by atoms with Gasteiger partial charge in [-0.15, -0.1) is 0 Å². The van der Waals surface area contributed by atoms with E-state index in [1.807, 2.05) is 36.4 Å². The van der Waals surface area contributed by atoms with Gasteiger partial charge in [-0.1, -0.05) is 43.5 Å². The van der Waals surface area contributed by atoms with Crippen LogP contribution in [0.3, 0.4) is 0 Å². The first-order chi connectivity index (χ1) is 18.0. The number of imide groups is 2. The predicted molar refractivity (Wildman–Crippen MR) is 135 cm³/mol. The van der Waals surface area contributed by atoms with E-state index in [1.54, 1.807) is 36.4 Å². The molecule has 3 aromatic rings. The number of carbonyl (C=O) groups is 3. The highest BCUT2D eigenvalue weighted by atomic mass is 16.5. The van der Waals surface area contributed by atoms with Crippen LogP contribution in [-0.4, -0.2) is 23.4 Å². The highest BCUT2D eigenvalue weighted by Crippen LogP contribution is 2.38. The Morgan fingerprint density at radius 2 is 1.19 bits per heavy atom. The topological polar surface area (TPSA) is 118 Å². The molecule has 0 spiro atoms. The number of nitrogens with one attached hydrogen (secondary N) is 2. The van der Waals surface area contributed by atoms with E-state index in [4.69, 9.17) is 14.7 Å². The summed E-state index contributed by atoms with van der Waals surface area (Å²) in [4.78, 5) is 37.6. The van der Waals surface area contributed by atoms with Gasteiger partial charge >= 0.3 is 6.03 Å². The van der Waals surface area contributed by atoms with Gasteiger partial charge in [-0.25, -0.2) is 4.79 Å². The van der Waals surface area contributed by atoms with Gasteiger partial charge in [-0.2, -0.15) is 5.26 Å². The van der Waals surface area contributed by atoms with Crippen molar-refractivity contribution in [2.24, 2.45) is 5.92 Å². The van der Waals surface area contributed by atoms with E-state index in [-0.39, 0.29) is 5.92 Å². The standard InChI is InChI=1S/C29H25N3O5/c30-18-19-6-8-20(9-7-19)21-10-12-23(13-11-21)36-24-14-16-25(17-15-24)37-29(22-4-2-1-3-5-22)26(33)31-28(35)32-27(29)34/h6-17,22H,1-5H2,(H2,31,32,33,34,35). The maximum Gasteiger partial charge on any atom is 0.328 e. The van der Waals surface area contributed by atoms with E-state index in [9.17, 15) is 14.4 Å². The zero-order chi connectivity index (χ0) is 25.8. The number of hydrogen-bond donors (Lipinski definition) is 2. The number of carbonyl (C=O) groups excluding carboxylic acids is 3. The summed E-state index contributed by atoms with van der Waals surface area (Å²) in [7, 11) is 0. The van der Waals surface area contributed by atoms with Crippen molar-refractivity contribution >= 4 is 17.8 Å². The largest absolute Gasteiger partial charge is 0.467 e. The van der Waals surface area contributed by atoms with Crippen LogP contribution in [0.25, 0.3) is 11.1 Å². The van der Waals surface area contributed by atoms with Crippen molar-refractivity contribution in [1.82, 2.24) is 10.6 Å². The highest BCUT2D eigenvalue weighted by molar-refractivity contribution is 6.22. The van der Waals surface area contributed by atoms with E-state index in [0.717, 1.165) is 30.4 Å². The molecule has 8 heteroatoms. The number of amides is 4. The molecule has 37 heavy (non-hydrogen) atoms. The molecule has 0 radical (unpaired) electrons. The fraction of sp³-hybridized carbons (Fsp3) is 0.241. The first kappa shape index (κ1) is 24.1. The molecule has 8 nitrogen and oxygen atoms in total. The van der Waals surface area contributed by atoms with Crippen molar-refractivity contribution in [3.63, 3.8) is 0 Å². The van der Waals surface area contributed by atoms with Gasteiger partial charge in [0.05, 0.1) is 11.6 Å². The lowest BCUT2D eigenvalue weighted by Crippen LogP contribution is -2.72. The molecule has 0 atom stereocenters. The summed E-state index contributed by atoms with van der Waals surface area (Å²) in [6.07, 6.45) is 4.14. The Balaban J connectivity index is 1.30. The molecular weight excluding hydrogens is 470 g/mol. The molecular formula is C29H25N3O5. The predicted octanol–water partition coefficient (Wildman–Crippen LogP) is 5.08. The lowest BCUT2D eigenvalue weighted by molar-refractivity contribution is -0.158. The van der Waals surface area contributed by atoms with Crippen LogP contribution < -0.4 is 20.1 Å². The van der Waals surface area contributed by atoms with Crippen LogP contribution in [0.4, 0.5) is 4.79 Å². The molecule has 2 fully saturated rings. The molecule has 0 aromatic heterocycles. The van der Waals surface area contributed by atoms with Crippen LogP contribution in [0.15, 0.2) is 72.8 Å². The van der Waals surface area contributed by atoms with Crippen molar-refractivity contribution in [1.29, 1.82) is 5.26 Å². The average molecular weight is 496 g/mol. The lowest BCUT2D eigenvalue weighted by Gasteiger charge is -2.41. The van der Waals surface area contributed by atoms with Gasteiger partial charge in [-0.3, -0.25) is 20.2 Å². The van der Waals surface area contributed by atoms with Gasteiger partial charge < -0.3 is 9.47 Å². The third kappa shape index (κ3) is 4.89. The van der Waals surface area contributed by atoms with E-state index in [2.05, 4.69) is 16.7 Å². The average Bonchev–Trinajstić information content (AvgIpc) is 2.93. The Kier molecular flexibility index (Phi) is 6.60. The third-order valence-corrected chi connectivity index (χ3v) is 6.85. The normalized spacial score (nSPS) is 17.3. The van der Waals surface area contributed by atoms with Gasteiger partial charge in [0, 0.05) is 5.92 Å². The Bertz CT molecular complexity index is 1330. The molecule has 3 aromatic carbocycles. The summed E-state index contributed by atoms with van der Waals surface area (Å²) in [6.45, 7) is 0. The molecule has 1 aliphatic heterocycles. The van der Waals surface area contributed by atoms with Gasteiger partial charge in [0.15, 0.2) is 0 Å². The first-order valence-corrected chi connectivity index (χ1v) is 12.2. The number of benzene rings is 3. The van der Waals surface area contributed by atoms with Gasteiger partial charge in [-0.05, 0) is 72.5 Å². The summed E-state index contributed by atoms with van der Waals surface area (Å²) < 4.78 is 12.0. The van der Waals surface area contributed by atoms with Gasteiger partial charge in [0.2, 0.25) is 0 Å². The van der Waals surface area contributed by atoms with Gasteiger partial charge in [0.1, 0.15) is 17.2 Å². The lowest BCUT2D eigenvalue weighted by atomic mass is 9.75. The van der Waals surface area contributed by atoms with Crippen molar-refractivity contribution < 1.29 is 23.9 Å². The Hall–Kier alpha value is -4.64. The number of nitrogens with zero attached hydrogens (tertiary/aromatic N) is 1. The monoisotopic (exact) mass is 495 g/mol. The van der Waals surface area contributed by atoms with Crippen LogP contribution in [0.5, 0.6) is 17.2 Å². The van der Waals surface area contributed by atoms with Crippen molar-refractivity contribution in [3.05, 3.63) is 78.4 Å². The summed E-state index contributed by atoms with van der Waals surface area (Å²) in [6, 6.07) is 22.9. The molecule has 1 aliphatic carbocycles. The van der Waals surface area contributed by atoms with Crippen LogP contribution in [0.2, 0.25) is 0 Å². The van der Waals surface area contributed by atoms with E-state index in [0.29, 0.717) is 35.7 Å². The van der Waals surface area contributed by atoms with Gasteiger partial charge in [0.25, 0.3) is 17.4 Å². The van der Waals surface area contributed by atoms with Crippen molar-refractivity contribution in [3.8, 4) is 34.4 Å². The van der Waals surface area contributed by atoms with Crippen LogP contribution >= 0.6 is 0 Å². The Labute approximate surface area is 214 Å². The molecule has 1 heterocycles. The van der Waals surface area contributed by atoms with Crippen LogP contribution in [0.1, 0.15) is 37.7 Å². The maximum absolute atomic E-state index is 13.0. The van der Waals surface area contributed by atoms with Crippen LogP contribution in [0, 0.1) is 17.2 Å². The number of hydrogen-bond acceptors (Lipinski definition) is 6. The van der Waals surface area contributed by atoms with E-state index in [1.165, 1.54) is 0 Å². The second kappa shape index (κ2) is 10.2. The molecule has 2 N–H and O–H groups in total. The molecule has 2 aliphatic rings. The number of barbiturate groups is 1. The smallest absolute Gasteiger partial charge is 0.328 e. The zero-order valence-corrected chi connectivity index (χ0v) is 20.0. The maximum atomic E-state index is 13.0. The molecule has 4 amide bonds. The minimum absolute atomic E-state index is 0.328. The van der Waals surface area contributed by atoms with Crippen LogP contribution in [-0.2, 0) is 9.59 Å². The number of ether oxygens (including phenoxy) is 2. The Morgan fingerprint density at radius 3 is 1.73 bits per heavy atom. The number of urea groups is 1. The second-order valence-corrected chi connectivity index (χ2v) is 9.20. The summed E-state index contributed by atoms with van der Waals surface area (Å²) in [5.41, 5.74) is 0.810. The van der Waals surface area contributed by atoms with Crippen molar-refractivity contribution in [2.45, 2.75) is 37.7 Å². The highest BCUT2D eigenvalue weighted by Gasteiger charge is 2.58. The SMILES string of the molecule is N#Cc1ccc(-c2ccc(Oc3ccc(OC4(C5CCCCC5)C(=O)NC(=O)NC4=O)cc3)cc2)cc1. The fourth-order valence-corrected chi connectivity index (χ4v) is 4.93. The quantitative estimate of drug-likeness (QED) is 0.461. The molecule has 5 rings (SSSR count). The number of rotatable bonds is 6. The Morgan fingerprint density at radius 1 is 0.703 bits per heavy atom. The third-order valence-electron chi connectivity index (χ3n) is 6.85. The number of nitriles is 1. The minimum Gasteiger partial charge on any atom is -0.467 e. The molecule has 1 saturated heterocycles. The van der Waals surface area contributed by atoms with E-state index < -0.39 is 23.4 Å². The minimum atomic E-state index is -1.79.